The summed E-state index contributed by atoms with van der Waals surface area (Å²) < 4.78 is 4.80. The first-order valence-electron chi connectivity index (χ1n) is 8.84. The van der Waals surface area contributed by atoms with E-state index >= 15 is 0 Å². The van der Waals surface area contributed by atoms with Crippen molar-refractivity contribution in [3.8, 4) is 0 Å². The second-order valence-corrected chi connectivity index (χ2v) is 6.62. The van der Waals surface area contributed by atoms with Gasteiger partial charge in [0.25, 0.3) is 0 Å². The summed E-state index contributed by atoms with van der Waals surface area (Å²) in [7, 11) is 1.48. The molecule has 1 aromatic carbocycles. The summed E-state index contributed by atoms with van der Waals surface area (Å²) in [5.74, 6) is -0.222. The first-order chi connectivity index (χ1) is 12.2. The molecule has 0 aliphatic carbocycles. The summed E-state index contributed by atoms with van der Waals surface area (Å²) in [5, 5.41) is 5.69. The molecule has 2 aliphatic rings. The van der Waals surface area contributed by atoms with E-state index in [1.807, 2.05) is 11.0 Å². The molecule has 136 valence electrons. The predicted octanol–water partition coefficient (Wildman–Crippen LogP) is 1.97. The molecular formula is C18H26N4O3. The number of fused-ring (bicyclic) bond motifs is 1. The SMILES string of the molecule is COCC(=O)Nc1cccc(NC(=O)N2CCCN3CCC[C@H]3C2)c1. The van der Waals surface area contributed by atoms with Crippen molar-refractivity contribution in [1.82, 2.24) is 9.80 Å². The summed E-state index contributed by atoms with van der Waals surface area (Å²) in [6.45, 7) is 3.81. The molecule has 0 aromatic heterocycles. The monoisotopic (exact) mass is 346 g/mol. The quantitative estimate of drug-likeness (QED) is 0.874. The van der Waals surface area contributed by atoms with Gasteiger partial charge in [-0.25, -0.2) is 4.79 Å². The molecule has 25 heavy (non-hydrogen) atoms. The topological polar surface area (TPSA) is 73.9 Å². The van der Waals surface area contributed by atoms with Crippen LogP contribution in [0.5, 0.6) is 0 Å². The molecule has 7 heteroatoms. The van der Waals surface area contributed by atoms with Crippen LogP contribution in [-0.2, 0) is 9.53 Å². The molecule has 3 rings (SSSR count). The van der Waals surface area contributed by atoms with E-state index in [2.05, 4.69) is 15.5 Å². The number of carbonyl (C=O) groups excluding carboxylic acids is 2. The maximum absolute atomic E-state index is 12.6. The third-order valence-corrected chi connectivity index (χ3v) is 4.76. The van der Waals surface area contributed by atoms with Gasteiger partial charge in [-0.1, -0.05) is 6.07 Å². The molecule has 0 saturated carbocycles. The van der Waals surface area contributed by atoms with E-state index in [4.69, 9.17) is 4.74 Å². The van der Waals surface area contributed by atoms with Crippen molar-refractivity contribution in [1.29, 1.82) is 0 Å². The van der Waals surface area contributed by atoms with Gasteiger partial charge in [0.2, 0.25) is 5.91 Å². The standard InChI is InChI=1S/C18H26N4O3/c1-25-13-17(23)19-14-5-2-6-15(11-14)20-18(24)22-10-4-9-21-8-3-7-16(21)12-22/h2,5-6,11,16H,3-4,7-10,12-13H2,1H3,(H,19,23)(H,20,24)/t16-/m0/s1. The fraction of sp³-hybridized carbons (Fsp3) is 0.556. The van der Waals surface area contributed by atoms with E-state index < -0.39 is 0 Å². The largest absolute Gasteiger partial charge is 0.375 e. The predicted molar refractivity (Wildman–Crippen MR) is 96.8 cm³/mol. The average Bonchev–Trinajstić information content (AvgIpc) is 2.92. The molecule has 0 spiro atoms. The normalized spacial score (nSPS) is 20.7. The number of urea groups is 1. The lowest BCUT2D eigenvalue weighted by atomic mass is 10.2. The molecule has 2 N–H and O–H groups in total. The number of hydrogen-bond donors (Lipinski definition) is 2. The zero-order valence-electron chi connectivity index (χ0n) is 14.7. The smallest absolute Gasteiger partial charge is 0.321 e. The van der Waals surface area contributed by atoms with Crippen LogP contribution in [0.2, 0.25) is 0 Å². The van der Waals surface area contributed by atoms with Gasteiger partial charge < -0.3 is 20.3 Å². The molecule has 7 nitrogen and oxygen atoms in total. The van der Waals surface area contributed by atoms with Gasteiger partial charge in [-0.05, 0) is 44.0 Å². The molecule has 2 heterocycles. The van der Waals surface area contributed by atoms with Crippen LogP contribution >= 0.6 is 0 Å². The highest BCUT2D eigenvalue weighted by atomic mass is 16.5. The van der Waals surface area contributed by atoms with Crippen LogP contribution in [0.3, 0.4) is 0 Å². The molecular weight excluding hydrogens is 320 g/mol. The molecule has 1 atom stereocenters. The van der Waals surface area contributed by atoms with Gasteiger partial charge in [-0.2, -0.15) is 0 Å². The Morgan fingerprint density at radius 2 is 1.92 bits per heavy atom. The van der Waals surface area contributed by atoms with Gasteiger partial charge in [0.05, 0.1) is 0 Å². The van der Waals surface area contributed by atoms with Crippen molar-refractivity contribution in [2.24, 2.45) is 0 Å². The van der Waals surface area contributed by atoms with Crippen molar-refractivity contribution in [2.75, 3.05) is 50.5 Å². The molecule has 0 bridgehead atoms. The van der Waals surface area contributed by atoms with Crippen LogP contribution in [0.15, 0.2) is 24.3 Å². The van der Waals surface area contributed by atoms with Crippen molar-refractivity contribution < 1.29 is 14.3 Å². The lowest BCUT2D eigenvalue weighted by molar-refractivity contribution is -0.119. The van der Waals surface area contributed by atoms with Crippen LogP contribution in [0.25, 0.3) is 0 Å². The Bertz CT molecular complexity index is 622. The minimum Gasteiger partial charge on any atom is -0.375 e. The molecule has 1 aromatic rings. The van der Waals surface area contributed by atoms with Crippen LogP contribution in [-0.4, -0.2) is 67.7 Å². The Hall–Kier alpha value is -2.12. The van der Waals surface area contributed by atoms with E-state index in [0.717, 1.165) is 32.6 Å². The highest BCUT2D eigenvalue weighted by molar-refractivity contribution is 5.94. The number of rotatable bonds is 4. The highest BCUT2D eigenvalue weighted by Crippen LogP contribution is 2.22. The lowest BCUT2D eigenvalue weighted by Gasteiger charge is -2.26. The third-order valence-electron chi connectivity index (χ3n) is 4.76. The van der Waals surface area contributed by atoms with Crippen molar-refractivity contribution in [3.63, 3.8) is 0 Å². The number of methoxy groups -OCH3 is 1. The summed E-state index contributed by atoms with van der Waals surface area (Å²) in [4.78, 5) is 28.6. The number of ether oxygens (including phenoxy) is 1. The highest BCUT2D eigenvalue weighted by Gasteiger charge is 2.30. The van der Waals surface area contributed by atoms with Gasteiger partial charge in [0.15, 0.2) is 0 Å². The zero-order valence-corrected chi connectivity index (χ0v) is 14.7. The summed E-state index contributed by atoms with van der Waals surface area (Å²) in [6, 6.07) is 7.58. The van der Waals surface area contributed by atoms with Crippen LogP contribution in [0.1, 0.15) is 19.3 Å². The fourth-order valence-electron chi connectivity index (χ4n) is 3.60. The molecule has 2 fully saturated rings. The molecule has 3 amide bonds. The second-order valence-electron chi connectivity index (χ2n) is 6.62. The summed E-state index contributed by atoms with van der Waals surface area (Å²) in [5.41, 5.74) is 1.31. The van der Waals surface area contributed by atoms with Gasteiger partial charge in [0.1, 0.15) is 6.61 Å². The number of benzene rings is 1. The number of anilines is 2. The average molecular weight is 346 g/mol. The number of amides is 3. The zero-order chi connectivity index (χ0) is 17.6. The Kier molecular flexibility index (Phi) is 5.88. The maximum Gasteiger partial charge on any atom is 0.321 e. The third kappa shape index (κ3) is 4.70. The minimum absolute atomic E-state index is 0.00224. The van der Waals surface area contributed by atoms with Crippen LogP contribution < -0.4 is 10.6 Å². The number of hydrogen-bond acceptors (Lipinski definition) is 4. The van der Waals surface area contributed by atoms with E-state index in [1.165, 1.54) is 20.0 Å². The van der Waals surface area contributed by atoms with Crippen molar-refractivity contribution >= 4 is 23.3 Å². The number of carbonyl (C=O) groups is 2. The van der Waals surface area contributed by atoms with E-state index in [1.54, 1.807) is 18.2 Å². The van der Waals surface area contributed by atoms with Gasteiger partial charge in [-0.15, -0.1) is 0 Å². The maximum atomic E-state index is 12.6. The molecule has 2 saturated heterocycles. The first-order valence-corrected chi connectivity index (χ1v) is 8.84. The molecule has 0 unspecified atom stereocenters. The van der Waals surface area contributed by atoms with E-state index in [-0.39, 0.29) is 18.5 Å². The summed E-state index contributed by atoms with van der Waals surface area (Å²) >= 11 is 0. The Morgan fingerprint density at radius 3 is 2.72 bits per heavy atom. The Morgan fingerprint density at radius 1 is 1.16 bits per heavy atom. The fourth-order valence-corrected chi connectivity index (χ4v) is 3.60. The first kappa shape index (κ1) is 17.7. The van der Waals surface area contributed by atoms with Gasteiger partial charge in [-0.3, -0.25) is 9.69 Å². The van der Waals surface area contributed by atoms with Crippen LogP contribution in [0.4, 0.5) is 16.2 Å². The van der Waals surface area contributed by atoms with Crippen molar-refractivity contribution in [3.05, 3.63) is 24.3 Å². The second kappa shape index (κ2) is 8.31. The van der Waals surface area contributed by atoms with Gasteiger partial charge >= 0.3 is 6.03 Å². The van der Waals surface area contributed by atoms with Gasteiger partial charge in [0, 0.05) is 44.2 Å². The van der Waals surface area contributed by atoms with E-state index in [0.29, 0.717) is 17.4 Å². The number of nitrogens with zero attached hydrogens (tertiary/aromatic N) is 2. The minimum atomic E-state index is -0.222. The Labute approximate surface area is 148 Å². The number of nitrogens with one attached hydrogen (secondary N) is 2. The summed E-state index contributed by atoms with van der Waals surface area (Å²) in [6.07, 6.45) is 3.41. The lowest BCUT2D eigenvalue weighted by Crippen LogP contribution is -2.41. The molecule has 2 aliphatic heterocycles. The van der Waals surface area contributed by atoms with Crippen LogP contribution in [0, 0.1) is 0 Å². The van der Waals surface area contributed by atoms with E-state index in [9.17, 15) is 9.59 Å². The molecule has 0 radical (unpaired) electrons. The Balaban J connectivity index is 1.59. The van der Waals surface area contributed by atoms with Crippen molar-refractivity contribution in [2.45, 2.75) is 25.3 Å².